The van der Waals surface area contributed by atoms with Crippen molar-refractivity contribution in [3.63, 3.8) is 0 Å². The van der Waals surface area contributed by atoms with Gasteiger partial charge >= 0.3 is 5.97 Å². The number of carbonyl (C=O) groups is 2. The van der Waals surface area contributed by atoms with Crippen LogP contribution in [0, 0.1) is 5.92 Å². The van der Waals surface area contributed by atoms with Gasteiger partial charge in [-0.1, -0.05) is 43.9 Å². The number of thiophene rings is 1. The number of methoxy groups -OCH3 is 1. The van der Waals surface area contributed by atoms with E-state index in [1.165, 1.54) is 73.6 Å². The molecule has 2 aromatic rings. The van der Waals surface area contributed by atoms with Crippen LogP contribution in [0.1, 0.15) is 78.5 Å². The van der Waals surface area contributed by atoms with Crippen molar-refractivity contribution < 1.29 is 14.3 Å². The van der Waals surface area contributed by atoms with Crippen molar-refractivity contribution in [2.75, 3.05) is 18.2 Å². The van der Waals surface area contributed by atoms with Crippen molar-refractivity contribution in [3.05, 3.63) is 21.8 Å². The fraction of sp³-hybridized carbons (Fsp3) is 0.652. The molecule has 0 unspecified atom stereocenters. The van der Waals surface area contributed by atoms with Gasteiger partial charge in [-0.25, -0.2) is 4.79 Å². The predicted molar refractivity (Wildman–Crippen MR) is 128 cm³/mol. The van der Waals surface area contributed by atoms with Crippen molar-refractivity contribution in [3.8, 4) is 0 Å². The van der Waals surface area contributed by atoms with Crippen molar-refractivity contribution >= 4 is 40.0 Å². The molecular weight excluding hydrogens is 444 g/mol. The van der Waals surface area contributed by atoms with Gasteiger partial charge in [0.05, 0.1) is 18.4 Å². The summed E-state index contributed by atoms with van der Waals surface area (Å²) in [5.74, 6) is 1.53. The Kier molecular flexibility index (Phi) is 7.88. The first-order valence-corrected chi connectivity index (χ1v) is 13.5. The number of nitrogens with zero attached hydrogens (tertiary/aromatic N) is 3. The fourth-order valence-corrected chi connectivity index (χ4v) is 6.96. The van der Waals surface area contributed by atoms with Gasteiger partial charge in [-0.3, -0.25) is 4.79 Å². The number of anilines is 1. The van der Waals surface area contributed by atoms with Crippen LogP contribution in [0.25, 0.3) is 0 Å². The second-order valence-corrected chi connectivity index (χ2v) is 10.6. The number of ether oxygens (including phenoxy) is 1. The van der Waals surface area contributed by atoms with Crippen molar-refractivity contribution in [2.45, 2.75) is 82.8 Å². The monoisotopic (exact) mass is 476 g/mol. The fourth-order valence-electron chi connectivity index (χ4n) is 4.84. The average Bonchev–Trinajstić information content (AvgIpc) is 3.50. The first-order chi connectivity index (χ1) is 15.6. The van der Waals surface area contributed by atoms with Crippen LogP contribution in [0.2, 0.25) is 0 Å². The van der Waals surface area contributed by atoms with Crippen LogP contribution in [0.15, 0.2) is 5.16 Å². The summed E-state index contributed by atoms with van der Waals surface area (Å²) >= 11 is 2.90. The molecule has 0 atom stereocenters. The number of thioether (sulfide) groups is 1. The average molecular weight is 477 g/mol. The lowest BCUT2D eigenvalue weighted by atomic mass is 9.86. The van der Waals surface area contributed by atoms with Crippen LogP contribution >= 0.6 is 23.1 Å². The Bertz CT molecular complexity index is 963. The summed E-state index contributed by atoms with van der Waals surface area (Å²) in [5, 5.41) is 13.1. The van der Waals surface area contributed by atoms with Crippen LogP contribution in [-0.2, 0) is 35.3 Å². The first kappa shape index (κ1) is 23.3. The van der Waals surface area contributed by atoms with E-state index in [1.807, 2.05) is 0 Å². The van der Waals surface area contributed by atoms with Crippen molar-refractivity contribution in [2.24, 2.45) is 5.92 Å². The third-order valence-electron chi connectivity index (χ3n) is 6.51. The molecule has 2 aromatic heterocycles. The number of hydrogen-bond acceptors (Lipinski definition) is 7. The van der Waals surface area contributed by atoms with Crippen LogP contribution in [-0.4, -0.2) is 39.5 Å². The van der Waals surface area contributed by atoms with Gasteiger partial charge in [0.15, 0.2) is 5.16 Å². The van der Waals surface area contributed by atoms with Crippen molar-refractivity contribution in [1.82, 2.24) is 14.8 Å². The summed E-state index contributed by atoms with van der Waals surface area (Å²) < 4.78 is 7.09. The highest BCUT2D eigenvalue weighted by molar-refractivity contribution is 7.99. The summed E-state index contributed by atoms with van der Waals surface area (Å²) in [6.07, 6.45) is 11.7. The maximum atomic E-state index is 12.7. The highest BCUT2D eigenvalue weighted by Gasteiger charge is 2.28. The lowest BCUT2D eigenvalue weighted by Crippen LogP contribution is -2.17. The molecule has 2 aliphatic carbocycles. The molecule has 1 amide bonds. The molecule has 174 valence electrons. The minimum atomic E-state index is -0.374. The third-order valence-corrected chi connectivity index (χ3v) is 8.68. The van der Waals surface area contributed by atoms with E-state index in [2.05, 4.69) is 27.0 Å². The number of fused-ring (bicyclic) bond motifs is 1. The smallest absolute Gasteiger partial charge is 0.341 e. The Balaban J connectivity index is 1.35. The number of carbonyl (C=O) groups excluding carboxylic acids is 2. The van der Waals surface area contributed by atoms with Crippen LogP contribution in [0.4, 0.5) is 5.00 Å². The number of nitrogens with one attached hydrogen (secondary N) is 1. The normalized spacial score (nSPS) is 16.2. The molecule has 1 N–H and O–H groups in total. The SMILES string of the molecule is CCn1c(CCC2CCCCC2)nnc1SCC(=O)Nc1sc2c(c1C(=O)OC)CCC2. The van der Waals surface area contributed by atoms with E-state index in [4.69, 9.17) is 4.74 Å². The van der Waals surface area contributed by atoms with E-state index < -0.39 is 0 Å². The highest BCUT2D eigenvalue weighted by Crippen LogP contribution is 2.39. The minimum absolute atomic E-state index is 0.144. The number of esters is 1. The van der Waals surface area contributed by atoms with E-state index in [-0.39, 0.29) is 17.6 Å². The van der Waals surface area contributed by atoms with Crippen LogP contribution < -0.4 is 5.32 Å². The second-order valence-electron chi connectivity index (χ2n) is 8.58. The Morgan fingerprint density at radius 3 is 2.75 bits per heavy atom. The zero-order chi connectivity index (χ0) is 22.5. The summed E-state index contributed by atoms with van der Waals surface area (Å²) in [5.41, 5.74) is 1.57. The summed E-state index contributed by atoms with van der Waals surface area (Å²) in [4.78, 5) is 26.1. The van der Waals surface area contributed by atoms with E-state index in [1.54, 1.807) is 0 Å². The lowest BCUT2D eigenvalue weighted by Gasteiger charge is -2.21. The number of aromatic nitrogens is 3. The topological polar surface area (TPSA) is 86.1 Å². The Morgan fingerprint density at radius 1 is 1.19 bits per heavy atom. The highest BCUT2D eigenvalue weighted by atomic mass is 32.2. The molecule has 1 fully saturated rings. The molecule has 0 spiro atoms. The van der Waals surface area contributed by atoms with Crippen LogP contribution in [0.3, 0.4) is 0 Å². The van der Waals surface area contributed by atoms with E-state index in [0.717, 1.165) is 54.7 Å². The third kappa shape index (κ3) is 5.20. The Hall–Kier alpha value is -1.87. The largest absolute Gasteiger partial charge is 0.465 e. The van der Waals surface area contributed by atoms with Gasteiger partial charge in [0.2, 0.25) is 5.91 Å². The minimum Gasteiger partial charge on any atom is -0.465 e. The van der Waals surface area contributed by atoms with Gasteiger partial charge in [0.25, 0.3) is 0 Å². The molecule has 32 heavy (non-hydrogen) atoms. The molecule has 0 aromatic carbocycles. The zero-order valence-electron chi connectivity index (χ0n) is 18.9. The van der Waals surface area contributed by atoms with Gasteiger partial charge in [-0.2, -0.15) is 0 Å². The second kappa shape index (κ2) is 10.8. The molecule has 0 bridgehead atoms. The number of rotatable bonds is 9. The van der Waals surface area contributed by atoms with Gasteiger partial charge in [-0.05, 0) is 44.1 Å². The zero-order valence-corrected chi connectivity index (χ0v) is 20.6. The Labute approximate surface area is 197 Å². The predicted octanol–water partition coefficient (Wildman–Crippen LogP) is 4.88. The number of hydrogen-bond donors (Lipinski definition) is 1. The molecule has 9 heteroatoms. The summed E-state index contributed by atoms with van der Waals surface area (Å²) in [7, 11) is 1.38. The Morgan fingerprint density at radius 2 is 2.00 bits per heavy atom. The van der Waals surface area contributed by atoms with E-state index in [0.29, 0.717) is 10.6 Å². The summed E-state index contributed by atoms with van der Waals surface area (Å²) in [6, 6.07) is 0. The van der Waals surface area contributed by atoms with E-state index >= 15 is 0 Å². The standard InChI is InChI=1S/C23H32N4O3S2/c1-3-27-18(13-12-15-8-5-4-6-9-15)25-26-23(27)31-14-19(28)24-21-20(22(29)30-2)16-10-7-11-17(16)32-21/h15H,3-14H2,1-2H3,(H,24,28). The quantitative estimate of drug-likeness (QED) is 0.410. The number of amides is 1. The maximum Gasteiger partial charge on any atom is 0.341 e. The molecule has 0 aliphatic heterocycles. The molecule has 0 radical (unpaired) electrons. The van der Waals surface area contributed by atoms with Gasteiger partial charge in [0, 0.05) is 17.8 Å². The van der Waals surface area contributed by atoms with Crippen molar-refractivity contribution in [1.29, 1.82) is 0 Å². The lowest BCUT2D eigenvalue weighted by molar-refractivity contribution is -0.113. The van der Waals surface area contributed by atoms with Crippen LogP contribution in [0.5, 0.6) is 0 Å². The molecule has 1 saturated carbocycles. The van der Waals surface area contributed by atoms with Gasteiger partial charge in [-0.15, -0.1) is 21.5 Å². The molecule has 2 heterocycles. The molecular formula is C23H32N4O3S2. The number of aryl methyl sites for hydroxylation is 2. The molecule has 4 rings (SSSR count). The van der Waals surface area contributed by atoms with Gasteiger partial charge < -0.3 is 14.6 Å². The molecule has 2 aliphatic rings. The first-order valence-electron chi connectivity index (χ1n) is 11.7. The van der Waals surface area contributed by atoms with Gasteiger partial charge in [0.1, 0.15) is 10.8 Å². The maximum absolute atomic E-state index is 12.7. The molecule has 7 nitrogen and oxygen atoms in total. The van der Waals surface area contributed by atoms with E-state index in [9.17, 15) is 9.59 Å². The summed E-state index contributed by atoms with van der Waals surface area (Å²) in [6.45, 7) is 2.88. The molecule has 0 saturated heterocycles.